The number of hydrogen-bond acceptors (Lipinski definition) is 3. The Kier molecular flexibility index (Phi) is 3.55. The number of aromatic nitrogens is 2. The largest absolute Gasteiger partial charge is 0.480 e. The number of carboxylic acid groups (broad SMARTS) is 1. The van der Waals surface area contributed by atoms with E-state index in [-0.39, 0.29) is 18.2 Å². The summed E-state index contributed by atoms with van der Waals surface area (Å²) in [5.41, 5.74) is 1.70. The van der Waals surface area contributed by atoms with Crippen LogP contribution in [0.15, 0.2) is 24.3 Å². The predicted molar refractivity (Wildman–Crippen MR) is 88.4 cm³/mol. The molecule has 1 saturated carbocycles. The molecule has 6 heteroatoms. The number of carboxylic acids is 1. The van der Waals surface area contributed by atoms with Crippen LogP contribution in [0.4, 0.5) is 0 Å². The first-order chi connectivity index (χ1) is 11.6. The number of hydrogen-bond donors (Lipinski definition) is 1. The highest BCUT2D eigenvalue weighted by atomic mass is 16.4. The van der Waals surface area contributed by atoms with Crippen LogP contribution >= 0.6 is 0 Å². The number of aliphatic carboxylic acids is 1. The van der Waals surface area contributed by atoms with Crippen LogP contribution in [0.2, 0.25) is 0 Å². The molecule has 1 N–H and O–H groups in total. The lowest BCUT2D eigenvalue weighted by atomic mass is 9.94. The van der Waals surface area contributed by atoms with Crippen LogP contribution in [0, 0.1) is 11.8 Å². The number of nitrogens with zero attached hydrogens (tertiary/aromatic N) is 3. The molecule has 1 amide bonds. The Morgan fingerprint density at radius 2 is 2.08 bits per heavy atom. The van der Waals surface area contributed by atoms with Crippen LogP contribution in [-0.2, 0) is 23.1 Å². The van der Waals surface area contributed by atoms with Gasteiger partial charge in [0.25, 0.3) is 0 Å². The molecular weight excluding hydrogens is 306 g/mol. The summed E-state index contributed by atoms with van der Waals surface area (Å²) in [5.74, 6) is -0.535. The van der Waals surface area contributed by atoms with Gasteiger partial charge in [-0.1, -0.05) is 24.6 Å². The van der Waals surface area contributed by atoms with Gasteiger partial charge in [0.05, 0.1) is 17.6 Å². The highest BCUT2D eigenvalue weighted by molar-refractivity contribution is 5.90. The van der Waals surface area contributed by atoms with Crippen LogP contribution in [0.1, 0.15) is 25.0 Å². The van der Waals surface area contributed by atoms with Gasteiger partial charge in [0.1, 0.15) is 6.04 Å². The lowest BCUT2D eigenvalue weighted by Crippen LogP contribution is -2.44. The highest BCUT2D eigenvalue weighted by Gasteiger charge is 2.49. The van der Waals surface area contributed by atoms with E-state index in [0.717, 1.165) is 35.9 Å². The first-order valence-electron chi connectivity index (χ1n) is 8.49. The van der Waals surface area contributed by atoms with E-state index in [1.165, 1.54) is 0 Å². The molecule has 0 bridgehead atoms. The molecule has 3 atom stereocenters. The molecule has 2 aliphatic rings. The molecular formula is C18H21N3O3. The Morgan fingerprint density at radius 3 is 2.88 bits per heavy atom. The van der Waals surface area contributed by atoms with Gasteiger partial charge in [-0.25, -0.2) is 4.79 Å². The van der Waals surface area contributed by atoms with Gasteiger partial charge in [-0.3, -0.25) is 9.48 Å². The number of benzene rings is 1. The molecule has 2 fully saturated rings. The molecule has 126 valence electrons. The van der Waals surface area contributed by atoms with Crippen LogP contribution in [-0.4, -0.2) is 44.3 Å². The summed E-state index contributed by atoms with van der Waals surface area (Å²) < 4.78 is 1.77. The van der Waals surface area contributed by atoms with Crippen LogP contribution in [0.5, 0.6) is 0 Å². The Balaban J connectivity index is 1.60. The number of aryl methyl sites for hydroxylation is 1. The molecule has 0 spiro atoms. The first kappa shape index (κ1) is 15.2. The minimum atomic E-state index is -0.872. The third-order valence-electron chi connectivity index (χ3n) is 5.62. The molecule has 0 radical (unpaired) electrons. The monoisotopic (exact) mass is 327 g/mol. The fourth-order valence-electron chi connectivity index (χ4n) is 4.54. The molecule has 4 rings (SSSR count). The van der Waals surface area contributed by atoms with Crippen molar-refractivity contribution in [1.29, 1.82) is 0 Å². The molecule has 24 heavy (non-hydrogen) atoms. The Bertz CT molecular complexity index is 813. The summed E-state index contributed by atoms with van der Waals surface area (Å²) in [6.45, 7) is 0.575. The van der Waals surface area contributed by atoms with Gasteiger partial charge < -0.3 is 10.0 Å². The van der Waals surface area contributed by atoms with E-state index in [1.807, 2.05) is 31.3 Å². The zero-order valence-electron chi connectivity index (χ0n) is 13.7. The van der Waals surface area contributed by atoms with Crippen molar-refractivity contribution in [1.82, 2.24) is 14.7 Å². The van der Waals surface area contributed by atoms with E-state index < -0.39 is 12.0 Å². The van der Waals surface area contributed by atoms with E-state index in [0.29, 0.717) is 12.5 Å². The minimum Gasteiger partial charge on any atom is -0.480 e. The van der Waals surface area contributed by atoms with E-state index in [2.05, 4.69) is 5.10 Å². The highest BCUT2D eigenvalue weighted by Crippen LogP contribution is 2.42. The maximum Gasteiger partial charge on any atom is 0.326 e. The summed E-state index contributed by atoms with van der Waals surface area (Å²) in [6.07, 6.45) is 3.18. The van der Waals surface area contributed by atoms with Crippen molar-refractivity contribution in [2.75, 3.05) is 6.54 Å². The number of carbonyl (C=O) groups excluding carboxylic acids is 1. The first-order valence-corrected chi connectivity index (χ1v) is 8.49. The van der Waals surface area contributed by atoms with Crippen molar-refractivity contribution in [2.45, 2.75) is 31.7 Å². The van der Waals surface area contributed by atoms with Gasteiger partial charge in [0, 0.05) is 19.0 Å². The van der Waals surface area contributed by atoms with Crippen molar-refractivity contribution >= 4 is 22.8 Å². The maximum atomic E-state index is 12.8. The minimum absolute atomic E-state index is 0.118. The second-order valence-corrected chi connectivity index (χ2v) is 6.95. The summed E-state index contributed by atoms with van der Waals surface area (Å²) >= 11 is 0. The van der Waals surface area contributed by atoms with E-state index in [4.69, 9.17) is 0 Å². The summed E-state index contributed by atoms with van der Waals surface area (Å²) in [4.78, 5) is 26.1. The number of para-hydroxylation sites is 1. The molecule has 1 aromatic carbocycles. The lowest BCUT2D eigenvalue weighted by molar-refractivity contribution is -0.149. The Hall–Kier alpha value is -2.37. The number of likely N-dealkylation sites (tertiary alicyclic amines) is 1. The van der Waals surface area contributed by atoms with Crippen molar-refractivity contribution in [3.05, 3.63) is 30.0 Å². The number of carbonyl (C=O) groups is 2. The standard InChI is InChI=1S/C18H21N3O3/c1-20-15-8-3-2-6-13(15)14(19-20)9-16(22)21-10-11-5-4-7-12(11)17(21)18(23)24/h2-3,6,8,11-12,17H,4-5,7,9-10H2,1H3,(H,23,24). The molecule has 3 unspecified atom stereocenters. The molecule has 1 aliphatic carbocycles. The lowest BCUT2D eigenvalue weighted by Gasteiger charge is -2.24. The smallest absolute Gasteiger partial charge is 0.326 e. The number of amides is 1. The zero-order chi connectivity index (χ0) is 16.8. The molecule has 1 aromatic heterocycles. The van der Waals surface area contributed by atoms with E-state index in [1.54, 1.807) is 9.58 Å². The molecule has 6 nitrogen and oxygen atoms in total. The third kappa shape index (κ3) is 2.28. The number of fused-ring (bicyclic) bond motifs is 2. The summed E-state index contributed by atoms with van der Waals surface area (Å²) in [5, 5.41) is 15.0. The molecule has 1 aliphatic heterocycles. The van der Waals surface area contributed by atoms with Gasteiger partial charge in [0.2, 0.25) is 5.91 Å². The SMILES string of the molecule is Cn1nc(CC(=O)N2CC3CCCC3C2C(=O)O)c2ccccc21. The van der Waals surface area contributed by atoms with Crippen LogP contribution in [0.25, 0.3) is 10.9 Å². The van der Waals surface area contributed by atoms with Crippen molar-refractivity contribution in [2.24, 2.45) is 18.9 Å². The molecule has 2 aromatic rings. The van der Waals surface area contributed by atoms with Gasteiger partial charge in [-0.2, -0.15) is 5.10 Å². The van der Waals surface area contributed by atoms with E-state index >= 15 is 0 Å². The van der Waals surface area contributed by atoms with Gasteiger partial charge in [0.15, 0.2) is 0 Å². The van der Waals surface area contributed by atoms with Crippen molar-refractivity contribution in [3.63, 3.8) is 0 Å². The average Bonchev–Trinajstić information content (AvgIpc) is 3.21. The van der Waals surface area contributed by atoms with Crippen LogP contribution < -0.4 is 0 Å². The second-order valence-electron chi connectivity index (χ2n) is 6.95. The average molecular weight is 327 g/mol. The fraction of sp³-hybridized carbons (Fsp3) is 0.500. The third-order valence-corrected chi connectivity index (χ3v) is 5.62. The maximum absolute atomic E-state index is 12.8. The quantitative estimate of drug-likeness (QED) is 0.933. The van der Waals surface area contributed by atoms with Gasteiger partial charge in [-0.15, -0.1) is 0 Å². The Labute approximate surface area is 140 Å². The normalized spacial score (nSPS) is 26.0. The Morgan fingerprint density at radius 1 is 1.29 bits per heavy atom. The van der Waals surface area contributed by atoms with Gasteiger partial charge in [-0.05, 0) is 30.7 Å². The van der Waals surface area contributed by atoms with Crippen molar-refractivity contribution < 1.29 is 14.7 Å². The summed E-state index contributed by atoms with van der Waals surface area (Å²) in [7, 11) is 1.86. The fourth-order valence-corrected chi connectivity index (χ4v) is 4.54. The molecule has 1 saturated heterocycles. The predicted octanol–water partition coefficient (Wildman–Crippen LogP) is 1.83. The number of rotatable bonds is 3. The molecule has 2 heterocycles. The topological polar surface area (TPSA) is 75.4 Å². The van der Waals surface area contributed by atoms with Gasteiger partial charge >= 0.3 is 5.97 Å². The second kappa shape index (κ2) is 5.61. The summed E-state index contributed by atoms with van der Waals surface area (Å²) in [6, 6.07) is 7.13. The van der Waals surface area contributed by atoms with E-state index in [9.17, 15) is 14.7 Å². The zero-order valence-corrected chi connectivity index (χ0v) is 13.7. The van der Waals surface area contributed by atoms with Crippen LogP contribution in [0.3, 0.4) is 0 Å². The van der Waals surface area contributed by atoms with Crippen molar-refractivity contribution in [3.8, 4) is 0 Å².